The number of carbonyl (C=O) groups excluding carboxylic acids is 4. The second-order valence-corrected chi connectivity index (χ2v) is 7.82. The molecule has 0 aromatic rings. The molecule has 0 radical (unpaired) electrons. The van der Waals surface area contributed by atoms with Crippen molar-refractivity contribution in [3.63, 3.8) is 0 Å². The van der Waals surface area contributed by atoms with Crippen molar-refractivity contribution in [2.24, 2.45) is 11.8 Å². The Morgan fingerprint density at radius 2 is 1.74 bits per heavy atom. The fraction of sp³-hybridized carbons (Fsp3) is 0.778. The third-order valence-corrected chi connectivity index (χ3v) is 3.72. The lowest BCUT2D eigenvalue weighted by molar-refractivity contribution is -0.175. The summed E-state index contributed by atoms with van der Waals surface area (Å²) in [6.07, 6.45) is -2.76. The van der Waals surface area contributed by atoms with Crippen LogP contribution in [0.1, 0.15) is 48.5 Å². The zero-order valence-electron chi connectivity index (χ0n) is 16.9. The smallest absolute Gasteiger partial charge is 0.408 e. The van der Waals surface area contributed by atoms with Crippen LogP contribution in [0.25, 0.3) is 0 Å². The van der Waals surface area contributed by atoms with Gasteiger partial charge in [0.1, 0.15) is 18.3 Å². The van der Waals surface area contributed by atoms with Gasteiger partial charge >= 0.3 is 24.0 Å². The number of hydrogen-bond donors (Lipinski definition) is 1. The molecule has 9 heteroatoms. The minimum absolute atomic E-state index is 0.412. The van der Waals surface area contributed by atoms with Gasteiger partial charge in [-0.3, -0.25) is 9.59 Å². The molecule has 0 aromatic heterocycles. The van der Waals surface area contributed by atoms with Gasteiger partial charge in [-0.1, -0.05) is 13.8 Å². The third kappa shape index (κ3) is 7.07. The Morgan fingerprint density at radius 1 is 1.15 bits per heavy atom. The molecule has 4 atom stereocenters. The van der Waals surface area contributed by atoms with Crippen LogP contribution in [0.2, 0.25) is 0 Å². The van der Waals surface area contributed by atoms with Crippen LogP contribution in [0.4, 0.5) is 4.79 Å². The average molecular weight is 387 g/mol. The van der Waals surface area contributed by atoms with Crippen LogP contribution in [0, 0.1) is 11.8 Å². The van der Waals surface area contributed by atoms with Gasteiger partial charge in [0.25, 0.3) is 0 Å². The van der Waals surface area contributed by atoms with Crippen LogP contribution >= 0.6 is 0 Å². The molecule has 0 bridgehead atoms. The van der Waals surface area contributed by atoms with E-state index >= 15 is 0 Å². The van der Waals surface area contributed by atoms with Crippen molar-refractivity contribution in [3.05, 3.63) is 0 Å². The summed E-state index contributed by atoms with van der Waals surface area (Å²) in [7, 11) is 0. The second-order valence-electron chi connectivity index (χ2n) is 7.82. The fourth-order valence-corrected chi connectivity index (χ4v) is 2.26. The number of hydrogen-bond acceptors (Lipinski definition) is 8. The third-order valence-electron chi connectivity index (χ3n) is 3.72. The van der Waals surface area contributed by atoms with Crippen molar-refractivity contribution >= 4 is 24.0 Å². The number of carbonyl (C=O) groups is 4. The molecule has 1 amide bonds. The van der Waals surface area contributed by atoms with E-state index in [0.29, 0.717) is 0 Å². The van der Waals surface area contributed by atoms with Gasteiger partial charge in [0, 0.05) is 0 Å². The van der Waals surface area contributed by atoms with Crippen LogP contribution in [-0.2, 0) is 33.3 Å². The molecule has 1 aliphatic rings. The average Bonchev–Trinajstić information content (AvgIpc) is 2.54. The molecule has 0 unspecified atom stereocenters. The Hall–Kier alpha value is -2.32. The molecule has 0 aliphatic carbocycles. The van der Waals surface area contributed by atoms with E-state index in [1.54, 1.807) is 34.6 Å². The molecule has 27 heavy (non-hydrogen) atoms. The summed E-state index contributed by atoms with van der Waals surface area (Å²) in [4.78, 5) is 48.5. The largest absolute Gasteiger partial charge is 0.463 e. The van der Waals surface area contributed by atoms with E-state index in [0.717, 1.165) is 0 Å². The first-order valence-corrected chi connectivity index (χ1v) is 8.89. The SMILES string of the molecule is CC(C)C(=O)O[C@H]1[C@H](C)OC(=O)[C@@H](NC(=O)OC(C)(C)C)COC(=O)[C@@H]1C. The van der Waals surface area contributed by atoms with E-state index in [2.05, 4.69) is 5.32 Å². The highest BCUT2D eigenvalue weighted by Gasteiger charge is 2.40. The Morgan fingerprint density at radius 3 is 2.26 bits per heavy atom. The van der Waals surface area contributed by atoms with Gasteiger partial charge in [0.05, 0.1) is 11.8 Å². The molecular formula is C18H29NO8. The topological polar surface area (TPSA) is 117 Å². The van der Waals surface area contributed by atoms with Crippen molar-refractivity contribution in [1.82, 2.24) is 5.32 Å². The van der Waals surface area contributed by atoms with E-state index in [9.17, 15) is 19.2 Å². The number of amides is 1. The van der Waals surface area contributed by atoms with Crippen molar-refractivity contribution in [2.75, 3.05) is 6.61 Å². The first-order valence-electron chi connectivity index (χ1n) is 8.89. The van der Waals surface area contributed by atoms with Crippen molar-refractivity contribution in [1.29, 1.82) is 0 Å². The summed E-state index contributed by atoms with van der Waals surface area (Å²) in [6.45, 7) is 10.9. The van der Waals surface area contributed by atoms with Crippen LogP contribution < -0.4 is 5.32 Å². The zero-order valence-corrected chi connectivity index (χ0v) is 16.9. The Balaban J connectivity index is 2.93. The predicted molar refractivity (Wildman–Crippen MR) is 93.6 cm³/mol. The van der Waals surface area contributed by atoms with Gasteiger partial charge in [0.2, 0.25) is 0 Å². The quantitative estimate of drug-likeness (QED) is 0.573. The van der Waals surface area contributed by atoms with Crippen molar-refractivity contribution in [3.8, 4) is 0 Å². The highest BCUT2D eigenvalue weighted by molar-refractivity contribution is 5.83. The number of ether oxygens (including phenoxy) is 4. The lowest BCUT2D eigenvalue weighted by atomic mass is 10.00. The molecule has 0 saturated carbocycles. The van der Waals surface area contributed by atoms with E-state index in [1.165, 1.54) is 13.8 Å². The van der Waals surface area contributed by atoms with Gasteiger partial charge in [-0.15, -0.1) is 0 Å². The predicted octanol–water partition coefficient (Wildman–Crippen LogP) is 1.57. The Kier molecular flexibility index (Phi) is 7.62. The number of alkyl carbamates (subject to hydrolysis) is 1. The van der Waals surface area contributed by atoms with Crippen LogP contribution in [0.5, 0.6) is 0 Å². The first kappa shape index (κ1) is 22.7. The summed E-state index contributed by atoms with van der Waals surface area (Å²) < 4.78 is 20.9. The number of rotatable bonds is 3. The minimum Gasteiger partial charge on any atom is -0.463 e. The summed E-state index contributed by atoms with van der Waals surface area (Å²) in [5.74, 6) is -3.27. The van der Waals surface area contributed by atoms with Crippen LogP contribution in [-0.4, -0.2) is 54.5 Å². The molecule has 9 nitrogen and oxygen atoms in total. The van der Waals surface area contributed by atoms with Crippen molar-refractivity contribution < 1.29 is 38.1 Å². The van der Waals surface area contributed by atoms with Gasteiger partial charge in [-0.2, -0.15) is 0 Å². The molecule has 154 valence electrons. The minimum atomic E-state index is -1.24. The molecule has 1 N–H and O–H groups in total. The Bertz CT molecular complexity index is 580. The van der Waals surface area contributed by atoms with Crippen LogP contribution in [0.15, 0.2) is 0 Å². The van der Waals surface area contributed by atoms with Gasteiger partial charge in [-0.25, -0.2) is 9.59 Å². The lowest BCUT2D eigenvalue weighted by Gasteiger charge is -2.27. The summed E-state index contributed by atoms with van der Waals surface area (Å²) in [5.41, 5.74) is -0.763. The molecule has 1 fully saturated rings. The van der Waals surface area contributed by atoms with Gasteiger partial charge < -0.3 is 24.3 Å². The van der Waals surface area contributed by atoms with E-state index in [4.69, 9.17) is 18.9 Å². The molecule has 1 saturated heterocycles. The number of nitrogens with one attached hydrogen (secondary N) is 1. The lowest BCUT2D eigenvalue weighted by Crippen LogP contribution is -2.48. The van der Waals surface area contributed by atoms with Gasteiger partial charge in [0.15, 0.2) is 12.1 Å². The highest BCUT2D eigenvalue weighted by Crippen LogP contribution is 2.20. The van der Waals surface area contributed by atoms with E-state index < -0.39 is 66.3 Å². The number of cyclic esters (lactones) is 2. The molecule has 1 aliphatic heterocycles. The Labute approximate surface area is 159 Å². The summed E-state index contributed by atoms with van der Waals surface area (Å²) >= 11 is 0. The zero-order chi connectivity index (χ0) is 20.9. The standard InChI is InChI=1S/C18H29NO8/c1-9(2)14(20)26-13-10(3)15(21)24-8-12(16(22)25-11(13)4)19-17(23)27-18(5,6)7/h9-13H,8H2,1-7H3,(H,19,23)/t10-,11+,12+,13-/m1/s1. The molecule has 0 aromatic carbocycles. The highest BCUT2D eigenvalue weighted by atomic mass is 16.6. The number of esters is 3. The maximum atomic E-state index is 12.4. The van der Waals surface area contributed by atoms with Crippen molar-refractivity contribution in [2.45, 2.75) is 72.3 Å². The normalized spacial score (nSPS) is 26.8. The summed E-state index contributed by atoms with van der Waals surface area (Å²) in [5, 5.41) is 2.33. The van der Waals surface area contributed by atoms with E-state index in [1.807, 2.05) is 0 Å². The molecule has 1 heterocycles. The first-order chi connectivity index (χ1) is 12.3. The van der Waals surface area contributed by atoms with E-state index in [-0.39, 0.29) is 0 Å². The summed E-state index contributed by atoms with van der Waals surface area (Å²) in [6, 6.07) is -1.24. The van der Waals surface area contributed by atoms with Crippen LogP contribution in [0.3, 0.4) is 0 Å². The van der Waals surface area contributed by atoms with Gasteiger partial charge in [-0.05, 0) is 34.6 Å². The molecule has 1 rings (SSSR count). The maximum Gasteiger partial charge on any atom is 0.408 e. The monoisotopic (exact) mass is 387 g/mol. The fourth-order valence-electron chi connectivity index (χ4n) is 2.26. The second kappa shape index (κ2) is 9.05. The molecular weight excluding hydrogens is 358 g/mol. The molecule has 0 spiro atoms. The maximum absolute atomic E-state index is 12.4.